The highest BCUT2D eigenvalue weighted by Gasteiger charge is 2.17. The van der Waals surface area contributed by atoms with E-state index in [4.69, 9.17) is 9.72 Å². The van der Waals surface area contributed by atoms with Crippen molar-refractivity contribution in [2.45, 2.75) is 20.4 Å². The first kappa shape index (κ1) is 23.4. The number of nitrogens with one attached hydrogen (secondary N) is 1. The van der Waals surface area contributed by atoms with Gasteiger partial charge in [0, 0.05) is 16.6 Å². The Kier molecular flexibility index (Phi) is 6.30. The number of pyridine rings is 1. The van der Waals surface area contributed by atoms with Gasteiger partial charge in [0.1, 0.15) is 21.9 Å². The maximum atomic E-state index is 13.3. The van der Waals surface area contributed by atoms with Gasteiger partial charge in [0.05, 0.1) is 23.4 Å². The van der Waals surface area contributed by atoms with Gasteiger partial charge in [-0.1, -0.05) is 30.3 Å². The van der Waals surface area contributed by atoms with Crippen LogP contribution in [-0.2, 0) is 16.1 Å². The number of rotatable bonds is 6. The van der Waals surface area contributed by atoms with Crippen LogP contribution in [0.2, 0.25) is 0 Å². The fraction of sp³-hybridized carbons (Fsp3) is 0.148. The minimum atomic E-state index is -0.425. The molecule has 1 N–H and O–H groups in total. The average molecular weight is 499 g/mol. The normalized spacial score (nSPS) is 11.1. The monoisotopic (exact) mass is 498 g/mol. The van der Waals surface area contributed by atoms with Gasteiger partial charge in [0.15, 0.2) is 0 Å². The minimum Gasteiger partial charge on any atom is -0.462 e. The molecule has 0 fully saturated rings. The molecule has 0 aliphatic carbocycles. The highest BCUT2D eigenvalue weighted by Crippen LogP contribution is 2.31. The first-order chi connectivity index (χ1) is 17.4. The molecular weight excluding hydrogens is 476 g/mol. The van der Waals surface area contributed by atoms with Gasteiger partial charge >= 0.3 is 5.97 Å². The lowest BCUT2D eigenvalue weighted by Crippen LogP contribution is -2.29. The minimum absolute atomic E-state index is 0.190. The van der Waals surface area contributed by atoms with Crippen LogP contribution < -0.4 is 10.9 Å². The van der Waals surface area contributed by atoms with Crippen LogP contribution in [0.3, 0.4) is 0 Å². The summed E-state index contributed by atoms with van der Waals surface area (Å²) in [6.45, 7) is 3.54. The molecule has 180 valence electrons. The largest absolute Gasteiger partial charge is 0.462 e. The number of nitrogens with zero attached hydrogens (tertiary/aromatic N) is 3. The van der Waals surface area contributed by atoms with Crippen LogP contribution in [0.25, 0.3) is 31.7 Å². The van der Waals surface area contributed by atoms with Crippen molar-refractivity contribution in [3.05, 3.63) is 88.5 Å². The summed E-state index contributed by atoms with van der Waals surface area (Å²) in [6.07, 6.45) is 0. The lowest BCUT2D eigenvalue weighted by molar-refractivity contribution is -0.116. The molecule has 9 heteroatoms. The molecule has 1 amide bonds. The van der Waals surface area contributed by atoms with E-state index in [0.29, 0.717) is 27.3 Å². The van der Waals surface area contributed by atoms with Crippen molar-refractivity contribution >= 4 is 49.3 Å². The number of anilines is 1. The number of carbonyl (C=O) groups excluding carboxylic acids is 2. The van der Waals surface area contributed by atoms with E-state index in [0.717, 1.165) is 21.5 Å². The SMILES string of the molecule is CCOC(=O)c1ccc(NC(=O)Cn2c(C)nc3c(sc4nc(-c5ccccc5)ccc43)c2=O)cc1. The third-order valence-corrected chi connectivity index (χ3v) is 6.76. The Hall–Kier alpha value is -4.37. The smallest absolute Gasteiger partial charge is 0.338 e. The second kappa shape index (κ2) is 9.71. The zero-order valence-electron chi connectivity index (χ0n) is 19.6. The summed E-state index contributed by atoms with van der Waals surface area (Å²) < 4.78 is 6.78. The predicted octanol–water partition coefficient (Wildman–Crippen LogP) is 4.80. The standard InChI is InChI=1S/C27H22N4O4S/c1-3-35-27(34)18-9-11-19(12-10-18)29-22(32)15-31-16(2)28-23-20-13-14-21(17-7-5-4-6-8-17)30-25(20)36-24(23)26(31)33/h4-14H,3,15H2,1-2H3,(H,29,32). The van der Waals surface area contributed by atoms with Crippen LogP contribution in [0.1, 0.15) is 23.1 Å². The van der Waals surface area contributed by atoms with Crippen molar-refractivity contribution < 1.29 is 14.3 Å². The summed E-state index contributed by atoms with van der Waals surface area (Å²) in [5.41, 5.74) is 3.02. The molecule has 2 aromatic carbocycles. The number of ether oxygens (including phenoxy) is 1. The molecule has 3 aromatic heterocycles. The number of hydrogen-bond donors (Lipinski definition) is 1. The van der Waals surface area contributed by atoms with Crippen LogP contribution in [0.15, 0.2) is 71.5 Å². The summed E-state index contributed by atoms with van der Waals surface area (Å²) in [5, 5.41) is 3.57. The zero-order chi connectivity index (χ0) is 25.2. The predicted molar refractivity (Wildman–Crippen MR) is 140 cm³/mol. The van der Waals surface area contributed by atoms with Gasteiger partial charge in [-0.25, -0.2) is 14.8 Å². The second-order valence-electron chi connectivity index (χ2n) is 8.09. The highest BCUT2D eigenvalue weighted by atomic mass is 32.1. The molecule has 0 saturated heterocycles. The van der Waals surface area contributed by atoms with E-state index in [2.05, 4.69) is 10.3 Å². The number of benzene rings is 2. The van der Waals surface area contributed by atoms with Crippen LogP contribution in [-0.4, -0.2) is 33.0 Å². The first-order valence-electron chi connectivity index (χ1n) is 11.4. The Bertz CT molecular complexity index is 1660. The number of aryl methyl sites for hydroxylation is 1. The number of carbonyl (C=O) groups is 2. The molecule has 0 aliphatic rings. The van der Waals surface area contributed by atoms with Crippen LogP contribution in [0.5, 0.6) is 0 Å². The third-order valence-electron chi connectivity index (χ3n) is 5.68. The molecule has 0 atom stereocenters. The summed E-state index contributed by atoms with van der Waals surface area (Å²) in [6, 6.07) is 20.1. The first-order valence-corrected chi connectivity index (χ1v) is 12.2. The van der Waals surface area contributed by atoms with Crippen molar-refractivity contribution in [3.63, 3.8) is 0 Å². The lowest BCUT2D eigenvalue weighted by atomic mass is 10.1. The van der Waals surface area contributed by atoms with Gasteiger partial charge in [-0.05, 0) is 50.2 Å². The Morgan fingerprint density at radius 1 is 1.00 bits per heavy atom. The molecule has 0 aliphatic heterocycles. The van der Waals surface area contributed by atoms with E-state index in [-0.39, 0.29) is 24.6 Å². The van der Waals surface area contributed by atoms with Crippen LogP contribution in [0.4, 0.5) is 5.69 Å². The molecular formula is C27H22N4O4S. The van der Waals surface area contributed by atoms with E-state index in [1.165, 1.54) is 15.9 Å². The van der Waals surface area contributed by atoms with Gasteiger partial charge in [0.2, 0.25) is 5.91 Å². The molecule has 0 radical (unpaired) electrons. The average Bonchev–Trinajstić information content (AvgIpc) is 3.25. The number of amides is 1. The quantitative estimate of drug-likeness (QED) is 0.338. The van der Waals surface area contributed by atoms with Crippen molar-refractivity contribution in [2.75, 3.05) is 11.9 Å². The van der Waals surface area contributed by atoms with Gasteiger partial charge in [0.25, 0.3) is 5.56 Å². The Balaban J connectivity index is 1.41. The Labute approximate surface area is 210 Å². The number of thiophene rings is 1. The van der Waals surface area contributed by atoms with Crippen molar-refractivity contribution in [2.24, 2.45) is 0 Å². The molecule has 3 heterocycles. The lowest BCUT2D eigenvalue weighted by Gasteiger charge is -2.10. The maximum Gasteiger partial charge on any atom is 0.338 e. The van der Waals surface area contributed by atoms with Gasteiger partial charge in [-0.3, -0.25) is 14.2 Å². The van der Waals surface area contributed by atoms with E-state index < -0.39 is 5.97 Å². The van der Waals surface area contributed by atoms with Gasteiger partial charge in [-0.2, -0.15) is 0 Å². The fourth-order valence-electron chi connectivity index (χ4n) is 3.92. The number of hydrogen-bond acceptors (Lipinski definition) is 7. The maximum absolute atomic E-state index is 13.3. The third kappa shape index (κ3) is 4.48. The molecule has 0 saturated carbocycles. The number of aromatic nitrogens is 3. The van der Waals surface area contributed by atoms with E-state index in [1.807, 2.05) is 42.5 Å². The zero-order valence-corrected chi connectivity index (χ0v) is 20.5. The molecule has 36 heavy (non-hydrogen) atoms. The van der Waals surface area contributed by atoms with Crippen molar-refractivity contribution in [1.29, 1.82) is 0 Å². The molecule has 0 spiro atoms. The highest BCUT2D eigenvalue weighted by molar-refractivity contribution is 7.25. The second-order valence-corrected chi connectivity index (χ2v) is 9.09. The molecule has 0 bridgehead atoms. The van der Waals surface area contributed by atoms with Crippen LogP contribution >= 0.6 is 11.3 Å². The fourth-order valence-corrected chi connectivity index (χ4v) is 4.98. The van der Waals surface area contributed by atoms with E-state index >= 15 is 0 Å². The molecule has 5 rings (SSSR count). The van der Waals surface area contributed by atoms with Crippen molar-refractivity contribution in [3.8, 4) is 11.3 Å². The topological polar surface area (TPSA) is 103 Å². The summed E-state index contributed by atoms with van der Waals surface area (Å²) >= 11 is 1.28. The molecule has 5 aromatic rings. The van der Waals surface area contributed by atoms with Crippen molar-refractivity contribution in [1.82, 2.24) is 14.5 Å². The molecule has 0 unspecified atom stereocenters. The van der Waals surface area contributed by atoms with E-state index in [1.54, 1.807) is 38.1 Å². The Morgan fingerprint density at radius 3 is 2.47 bits per heavy atom. The summed E-state index contributed by atoms with van der Waals surface area (Å²) in [4.78, 5) is 47.9. The number of esters is 1. The number of fused-ring (bicyclic) bond motifs is 3. The molecule has 8 nitrogen and oxygen atoms in total. The van der Waals surface area contributed by atoms with Crippen LogP contribution in [0, 0.1) is 6.92 Å². The summed E-state index contributed by atoms with van der Waals surface area (Å²) in [7, 11) is 0. The van der Waals surface area contributed by atoms with Gasteiger partial charge < -0.3 is 10.1 Å². The van der Waals surface area contributed by atoms with Gasteiger partial charge in [-0.15, -0.1) is 11.3 Å². The van der Waals surface area contributed by atoms with E-state index in [9.17, 15) is 14.4 Å². The summed E-state index contributed by atoms with van der Waals surface area (Å²) in [5.74, 6) is -0.367. The Morgan fingerprint density at radius 2 is 1.75 bits per heavy atom.